The molecular formula is C18H23N3O4S. The molecule has 2 amide bonds. The fraction of sp³-hybridized carbons (Fsp3) is 0.611. The molecule has 3 aliphatic rings. The van der Waals surface area contributed by atoms with Gasteiger partial charge in [-0.15, -0.1) is 11.3 Å². The summed E-state index contributed by atoms with van der Waals surface area (Å²) in [5.74, 6) is -0.162. The molecule has 140 valence electrons. The fourth-order valence-electron chi connectivity index (χ4n) is 3.73. The Balaban J connectivity index is 1.32. The Bertz CT molecular complexity index is 741. The minimum Gasteiger partial charge on any atom is -0.386 e. The number of nitrogens with zero attached hydrogens (tertiary/aromatic N) is 2. The van der Waals surface area contributed by atoms with Gasteiger partial charge in [-0.1, -0.05) is 5.16 Å². The number of ether oxygens (including phenoxy) is 1. The highest BCUT2D eigenvalue weighted by Crippen LogP contribution is 2.35. The van der Waals surface area contributed by atoms with Crippen molar-refractivity contribution in [2.75, 3.05) is 26.2 Å². The number of nitrogens with one attached hydrogen (secondary N) is 1. The number of likely N-dealkylation sites (tertiary alicyclic amines) is 1. The zero-order valence-electron chi connectivity index (χ0n) is 14.8. The summed E-state index contributed by atoms with van der Waals surface area (Å²) in [5, 5.41) is 8.83. The lowest BCUT2D eigenvalue weighted by Gasteiger charge is -2.21. The molecule has 4 rings (SSSR count). The van der Waals surface area contributed by atoms with Crippen LogP contribution in [0.3, 0.4) is 0 Å². The second kappa shape index (κ2) is 7.00. The van der Waals surface area contributed by atoms with E-state index in [1.54, 1.807) is 0 Å². The largest absolute Gasteiger partial charge is 0.386 e. The van der Waals surface area contributed by atoms with E-state index in [0.29, 0.717) is 38.2 Å². The van der Waals surface area contributed by atoms with Crippen molar-refractivity contribution >= 4 is 28.9 Å². The lowest BCUT2D eigenvalue weighted by Crippen LogP contribution is -2.40. The van der Waals surface area contributed by atoms with Gasteiger partial charge in [0.2, 0.25) is 0 Å². The van der Waals surface area contributed by atoms with Gasteiger partial charge < -0.3 is 19.8 Å². The Hall–Kier alpha value is -1.93. The van der Waals surface area contributed by atoms with E-state index in [1.165, 1.54) is 11.3 Å². The molecule has 1 spiro atoms. The maximum atomic E-state index is 12.7. The van der Waals surface area contributed by atoms with Crippen molar-refractivity contribution in [2.24, 2.45) is 5.16 Å². The minimum atomic E-state index is -0.558. The molecule has 1 N–H and O–H groups in total. The number of rotatable bonds is 4. The molecule has 4 heterocycles. The van der Waals surface area contributed by atoms with Gasteiger partial charge in [-0.3, -0.25) is 9.59 Å². The highest BCUT2D eigenvalue weighted by molar-refractivity contribution is 7.12. The zero-order valence-corrected chi connectivity index (χ0v) is 15.6. The van der Waals surface area contributed by atoms with Crippen LogP contribution in [0.4, 0.5) is 0 Å². The van der Waals surface area contributed by atoms with Crippen molar-refractivity contribution < 1.29 is 19.2 Å². The Morgan fingerprint density at radius 3 is 3.12 bits per heavy atom. The minimum absolute atomic E-state index is 0.0364. The van der Waals surface area contributed by atoms with Gasteiger partial charge in [-0.25, -0.2) is 0 Å². The predicted molar refractivity (Wildman–Crippen MR) is 97.4 cm³/mol. The first-order chi connectivity index (χ1) is 12.6. The van der Waals surface area contributed by atoms with Gasteiger partial charge in [0, 0.05) is 32.5 Å². The predicted octanol–water partition coefficient (Wildman–Crippen LogP) is 1.71. The van der Waals surface area contributed by atoms with Gasteiger partial charge in [0.05, 0.1) is 17.5 Å². The molecule has 7 nitrogen and oxygen atoms in total. The van der Waals surface area contributed by atoms with Crippen LogP contribution in [-0.4, -0.2) is 60.4 Å². The third kappa shape index (κ3) is 3.35. The van der Waals surface area contributed by atoms with Crippen molar-refractivity contribution in [1.82, 2.24) is 10.2 Å². The van der Waals surface area contributed by atoms with Gasteiger partial charge in [0.1, 0.15) is 5.71 Å². The van der Waals surface area contributed by atoms with Crippen LogP contribution in [0.25, 0.3) is 0 Å². The van der Waals surface area contributed by atoms with Gasteiger partial charge in [-0.05, 0) is 36.8 Å². The summed E-state index contributed by atoms with van der Waals surface area (Å²) in [4.78, 5) is 33.2. The van der Waals surface area contributed by atoms with Crippen LogP contribution in [0.1, 0.15) is 40.9 Å². The average Bonchev–Trinajstić information content (AvgIpc) is 3.42. The molecule has 0 saturated carbocycles. The molecular weight excluding hydrogens is 354 g/mol. The van der Waals surface area contributed by atoms with Crippen molar-refractivity contribution in [2.45, 2.75) is 44.3 Å². The number of carbonyl (C=O) groups excluding carboxylic acids is 2. The molecule has 0 bridgehead atoms. The zero-order chi connectivity index (χ0) is 18.1. The van der Waals surface area contributed by atoms with Gasteiger partial charge in [-0.2, -0.15) is 0 Å². The molecule has 2 atom stereocenters. The maximum absolute atomic E-state index is 12.7. The SMILES string of the molecule is Cc1ccsc1C(=O)N1CC[C@@]2(CC(C(=O)NC[C@H]3CCCO3)=NO2)C1. The molecule has 1 aromatic heterocycles. The van der Waals surface area contributed by atoms with Crippen molar-refractivity contribution in [3.05, 3.63) is 21.9 Å². The first kappa shape index (κ1) is 17.5. The van der Waals surface area contributed by atoms with Gasteiger partial charge in [0.15, 0.2) is 5.60 Å². The molecule has 0 aromatic carbocycles. The maximum Gasteiger partial charge on any atom is 0.269 e. The second-order valence-electron chi connectivity index (χ2n) is 7.24. The molecule has 2 saturated heterocycles. The molecule has 0 radical (unpaired) electrons. The molecule has 8 heteroatoms. The highest BCUT2D eigenvalue weighted by atomic mass is 32.1. The summed E-state index contributed by atoms with van der Waals surface area (Å²) < 4.78 is 5.52. The monoisotopic (exact) mass is 377 g/mol. The lowest BCUT2D eigenvalue weighted by atomic mass is 9.96. The highest BCUT2D eigenvalue weighted by Gasteiger charge is 2.48. The molecule has 0 unspecified atom stereocenters. The molecule has 0 aliphatic carbocycles. The third-order valence-corrected chi connectivity index (χ3v) is 6.28. The number of amides is 2. The van der Waals surface area contributed by atoms with E-state index in [2.05, 4.69) is 10.5 Å². The summed E-state index contributed by atoms with van der Waals surface area (Å²) in [6, 6.07) is 1.95. The molecule has 3 aliphatic heterocycles. The molecule has 26 heavy (non-hydrogen) atoms. The van der Waals surface area contributed by atoms with E-state index >= 15 is 0 Å². The second-order valence-corrected chi connectivity index (χ2v) is 8.16. The van der Waals surface area contributed by atoms with Gasteiger partial charge >= 0.3 is 0 Å². The Morgan fingerprint density at radius 2 is 2.38 bits per heavy atom. The third-order valence-electron chi connectivity index (χ3n) is 5.28. The van der Waals surface area contributed by atoms with Crippen molar-refractivity contribution in [3.8, 4) is 0 Å². The van der Waals surface area contributed by atoms with E-state index in [0.717, 1.165) is 29.9 Å². The Kier molecular flexibility index (Phi) is 4.71. The molecule has 1 aromatic rings. The fourth-order valence-corrected chi connectivity index (χ4v) is 4.62. The van der Waals surface area contributed by atoms with Crippen LogP contribution in [-0.2, 0) is 14.4 Å². The lowest BCUT2D eigenvalue weighted by molar-refractivity contribution is -0.115. The van der Waals surface area contributed by atoms with Crippen LogP contribution >= 0.6 is 11.3 Å². The summed E-state index contributed by atoms with van der Waals surface area (Å²) in [7, 11) is 0. The normalized spacial score (nSPS) is 27.7. The molecule has 2 fully saturated rings. The number of hydrogen-bond acceptors (Lipinski definition) is 6. The number of hydrogen-bond donors (Lipinski definition) is 1. The summed E-state index contributed by atoms with van der Waals surface area (Å²) in [6.07, 6.45) is 3.25. The first-order valence-corrected chi connectivity index (χ1v) is 9.92. The summed E-state index contributed by atoms with van der Waals surface area (Å²) in [6.45, 7) is 4.31. The first-order valence-electron chi connectivity index (χ1n) is 9.05. The van der Waals surface area contributed by atoms with Crippen LogP contribution in [0.2, 0.25) is 0 Å². The number of carbonyl (C=O) groups is 2. The Morgan fingerprint density at radius 1 is 1.50 bits per heavy atom. The van der Waals surface area contributed by atoms with E-state index in [-0.39, 0.29) is 17.9 Å². The van der Waals surface area contributed by atoms with E-state index in [4.69, 9.17) is 9.57 Å². The van der Waals surface area contributed by atoms with Crippen LogP contribution < -0.4 is 5.32 Å². The van der Waals surface area contributed by atoms with Crippen LogP contribution in [0, 0.1) is 6.92 Å². The van der Waals surface area contributed by atoms with Crippen LogP contribution in [0.15, 0.2) is 16.6 Å². The topological polar surface area (TPSA) is 80.2 Å². The number of aryl methyl sites for hydroxylation is 1. The van der Waals surface area contributed by atoms with Crippen LogP contribution in [0.5, 0.6) is 0 Å². The smallest absolute Gasteiger partial charge is 0.269 e. The summed E-state index contributed by atoms with van der Waals surface area (Å²) in [5.41, 5.74) is 0.848. The quantitative estimate of drug-likeness (QED) is 0.866. The van der Waals surface area contributed by atoms with Gasteiger partial charge in [0.25, 0.3) is 11.8 Å². The average molecular weight is 377 g/mol. The van der Waals surface area contributed by atoms with Crippen molar-refractivity contribution in [1.29, 1.82) is 0 Å². The van der Waals surface area contributed by atoms with Crippen molar-refractivity contribution in [3.63, 3.8) is 0 Å². The number of oxime groups is 1. The van der Waals surface area contributed by atoms with E-state index in [9.17, 15) is 9.59 Å². The van der Waals surface area contributed by atoms with E-state index in [1.807, 2.05) is 23.3 Å². The summed E-state index contributed by atoms with van der Waals surface area (Å²) >= 11 is 1.46. The Labute approximate surface area is 156 Å². The van der Waals surface area contributed by atoms with E-state index < -0.39 is 5.60 Å². The standard InChI is InChI=1S/C18H23N3O4S/c1-12-4-8-26-15(12)17(23)21-6-5-18(11-21)9-14(20-25-18)16(22)19-10-13-3-2-7-24-13/h4,8,13H,2-3,5-7,9-11H2,1H3,(H,19,22)/t13-,18-/m1/s1. The number of thiophene rings is 1.